The largest absolute Gasteiger partial charge is 0.373 e. The molecule has 1 N–H and O–H groups in total. The highest BCUT2D eigenvalue weighted by Gasteiger charge is 2.32. The lowest BCUT2D eigenvalue weighted by Crippen LogP contribution is -2.48. The summed E-state index contributed by atoms with van der Waals surface area (Å²) in [6, 6.07) is 19.3. The molecule has 2 aromatic carbocycles. The fourth-order valence-electron chi connectivity index (χ4n) is 4.28. The van der Waals surface area contributed by atoms with Crippen molar-refractivity contribution in [3.05, 3.63) is 84.7 Å². The zero-order valence-corrected chi connectivity index (χ0v) is 20.3. The van der Waals surface area contributed by atoms with Crippen molar-refractivity contribution in [1.82, 2.24) is 13.7 Å². The molecular weight excluding hydrogens is 464 g/mol. The van der Waals surface area contributed by atoms with Crippen LogP contribution in [-0.2, 0) is 14.8 Å². The van der Waals surface area contributed by atoms with E-state index in [1.54, 1.807) is 24.3 Å². The van der Waals surface area contributed by atoms with Gasteiger partial charge in [0, 0.05) is 42.3 Å². The molecule has 4 aromatic rings. The first-order valence-electron chi connectivity index (χ1n) is 11.4. The summed E-state index contributed by atoms with van der Waals surface area (Å²) in [6.07, 6.45) is 3.51. The molecule has 0 unspecified atom stereocenters. The first kappa shape index (κ1) is 23.2. The second kappa shape index (κ2) is 9.26. The normalized spacial score (nSPS) is 19.0. The number of hydrogen-bond acceptors (Lipinski definition) is 5. The van der Waals surface area contributed by atoms with Crippen LogP contribution in [0.25, 0.3) is 16.9 Å². The van der Waals surface area contributed by atoms with Crippen molar-refractivity contribution < 1.29 is 17.9 Å². The Hall–Kier alpha value is -3.53. The Balaban J connectivity index is 1.31. The van der Waals surface area contributed by atoms with E-state index in [0.29, 0.717) is 5.69 Å². The van der Waals surface area contributed by atoms with Crippen molar-refractivity contribution in [1.29, 1.82) is 0 Å². The van der Waals surface area contributed by atoms with Crippen LogP contribution in [0, 0.1) is 0 Å². The number of carbonyl (C=O) groups is 1. The fraction of sp³-hybridized carbons (Fsp3) is 0.231. The lowest BCUT2D eigenvalue weighted by atomic mass is 10.1. The fourth-order valence-corrected chi connectivity index (χ4v) is 5.91. The van der Waals surface area contributed by atoms with E-state index >= 15 is 0 Å². The number of imidazole rings is 1. The van der Waals surface area contributed by atoms with Gasteiger partial charge < -0.3 is 14.5 Å². The van der Waals surface area contributed by atoms with Gasteiger partial charge in [0.05, 0.1) is 22.8 Å². The van der Waals surface area contributed by atoms with Gasteiger partial charge in [-0.1, -0.05) is 24.3 Å². The third-order valence-corrected chi connectivity index (χ3v) is 7.75. The highest BCUT2D eigenvalue weighted by Crippen LogP contribution is 2.24. The van der Waals surface area contributed by atoms with Crippen LogP contribution in [0.4, 0.5) is 5.69 Å². The first-order valence-corrected chi connectivity index (χ1v) is 12.8. The van der Waals surface area contributed by atoms with Crippen LogP contribution < -0.4 is 5.32 Å². The molecule has 1 aliphatic rings. The van der Waals surface area contributed by atoms with Gasteiger partial charge in [0.2, 0.25) is 10.0 Å². The second-order valence-electron chi connectivity index (χ2n) is 8.73. The van der Waals surface area contributed by atoms with Crippen LogP contribution in [0.2, 0.25) is 0 Å². The number of morpholine rings is 1. The monoisotopic (exact) mass is 490 g/mol. The molecule has 5 rings (SSSR count). The van der Waals surface area contributed by atoms with Crippen molar-refractivity contribution in [3.8, 4) is 11.3 Å². The molecule has 0 saturated carbocycles. The molecule has 0 spiro atoms. The van der Waals surface area contributed by atoms with Crippen molar-refractivity contribution in [2.75, 3.05) is 18.4 Å². The van der Waals surface area contributed by atoms with Gasteiger partial charge in [0.1, 0.15) is 5.65 Å². The summed E-state index contributed by atoms with van der Waals surface area (Å²) in [7, 11) is -3.74. The Labute approximate surface area is 204 Å². The number of aromatic nitrogens is 2. The minimum Gasteiger partial charge on any atom is -0.373 e. The summed E-state index contributed by atoms with van der Waals surface area (Å²) in [5.74, 6) is -0.383. The Morgan fingerprint density at radius 3 is 2.46 bits per heavy atom. The number of fused-ring (bicyclic) bond motifs is 1. The van der Waals surface area contributed by atoms with Crippen molar-refractivity contribution in [2.24, 2.45) is 0 Å². The number of amides is 1. The molecular formula is C26H26N4O4S. The van der Waals surface area contributed by atoms with Gasteiger partial charge in [-0.25, -0.2) is 13.4 Å². The molecule has 0 bridgehead atoms. The van der Waals surface area contributed by atoms with Crippen LogP contribution in [-0.4, -0.2) is 53.3 Å². The minimum absolute atomic E-state index is 0.0913. The molecule has 1 saturated heterocycles. The number of anilines is 1. The van der Waals surface area contributed by atoms with E-state index in [2.05, 4.69) is 10.3 Å². The number of benzene rings is 2. The summed E-state index contributed by atoms with van der Waals surface area (Å²) in [5.41, 5.74) is 3.49. The van der Waals surface area contributed by atoms with Gasteiger partial charge in [-0.05, 0) is 56.3 Å². The lowest BCUT2D eigenvalue weighted by Gasteiger charge is -2.34. The van der Waals surface area contributed by atoms with E-state index in [4.69, 9.17) is 4.74 Å². The maximum Gasteiger partial charge on any atom is 0.255 e. The Morgan fingerprint density at radius 1 is 1.00 bits per heavy atom. The zero-order chi connectivity index (χ0) is 24.6. The summed E-state index contributed by atoms with van der Waals surface area (Å²) >= 11 is 0. The highest BCUT2D eigenvalue weighted by molar-refractivity contribution is 7.89. The average Bonchev–Trinajstić information content (AvgIpc) is 3.28. The van der Waals surface area contributed by atoms with Crippen molar-refractivity contribution >= 4 is 27.3 Å². The van der Waals surface area contributed by atoms with E-state index in [9.17, 15) is 13.2 Å². The highest BCUT2D eigenvalue weighted by atomic mass is 32.2. The third kappa shape index (κ3) is 4.84. The van der Waals surface area contributed by atoms with Crippen LogP contribution in [0.5, 0.6) is 0 Å². The van der Waals surface area contributed by atoms with Gasteiger partial charge in [0.25, 0.3) is 5.91 Å². The van der Waals surface area contributed by atoms with E-state index in [0.717, 1.165) is 16.9 Å². The predicted molar refractivity (Wildman–Crippen MR) is 134 cm³/mol. The zero-order valence-electron chi connectivity index (χ0n) is 19.5. The molecule has 35 heavy (non-hydrogen) atoms. The van der Waals surface area contributed by atoms with E-state index in [1.165, 1.54) is 16.4 Å². The Morgan fingerprint density at radius 2 is 1.74 bits per heavy atom. The molecule has 1 fully saturated rings. The second-order valence-corrected chi connectivity index (χ2v) is 10.7. The number of nitrogens with zero attached hydrogens (tertiary/aromatic N) is 3. The SMILES string of the molecule is C[C@@H]1CN(S(=O)(=O)c2cccc(C(=O)Nc3ccc(-c4cn5ccccc5n4)cc3)c2)C[C@H](C)O1. The first-order chi connectivity index (χ1) is 16.8. The number of sulfonamides is 1. The maximum absolute atomic E-state index is 13.2. The van der Waals surface area contributed by atoms with Crippen molar-refractivity contribution in [2.45, 2.75) is 31.0 Å². The summed E-state index contributed by atoms with van der Waals surface area (Å²) < 4.78 is 35.4. The number of rotatable bonds is 5. The number of pyridine rings is 1. The number of carbonyl (C=O) groups excluding carboxylic acids is 1. The predicted octanol–water partition coefficient (Wildman–Crippen LogP) is 4.05. The van der Waals surface area contributed by atoms with Crippen LogP contribution in [0.3, 0.4) is 0 Å². The number of ether oxygens (including phenoxy) is 1. The topological polar surface area (TPSA) is 93.0 Å². The van der Waals surface area contributed by atoms with Crippen LogP contribution in [0.1, 0.15) is 24.2 Å². The molecule has 9 heteroatoms. The molecule has 0 radical (unpaired) electrons. The standard InChI is InChI=1S/C26H26N4O4S/c1-18-15-30(16-19(2)34-18)35(32,33)23-7-5-6-21(14-23)26(31)27-22-11-9-20(10-12-22)24-17-29-13-4-3-8-25(29)28-24/h3-14,17-19H,15-16H2,1-2H3,(H,27,31)/t18-,19+. The Kier molecular flexibility index (Phi) is 6.14. The van der Waals surface area contributed by atoms with E-state index in [1.807, 2.05) is 61.0 Å². The minimum atomic E-state index is -3.74. The Bertz CT molecular complexity index is 1440. The van der Waals surface area contributed by atoms with Gasteiger partial charge in [-0.2, -0.15) is 4.31 Å². The summed E-state index contributed by atoms with van der Waals surface area (Å²) in [5, 5.41) is 2.84. The van der Waals surface area contributed by atoms with Gasteiger partial charge in [0.15, 0.2) is 0 Å². The number of hydrogen-bond donors (Lipinski definition) is 1. The number of nitrogens with one attached hydrogen (secondary N) is 1. The van der Waals surface area contributed by atoms with Gasteiger partial charge >= 0.3 is 0 Å². The summed E-state index contributed by atoms with van der Waals surface area (Å²) in [6.45, 7) is 4.26. The molecule has 3 heterocycles. The van der Waals surface area contributed by atoms with Gasteiger partial charge in [-0.15, -0.1) is 0 Å². The van der Waals surface area contributed by atoms with Gasteiger partial charge in [-0.3, -0.25) is 4.79 Å². The van der Waals surface area contributed by atoms with E-state index in [-0.39, 0.29) is 41.7 Å². The average molecular weight is 491 g/mol. The molecule has 180 valence electrons. The molecule has 2 atom stereocenters. The summed E-state index contributed by atoms with van der Waals surface area (Å²) in [4.78, 5) is 17.6. The third-order valence-electron chi connectivity index (χ3n) is 5.92. The lowest BCUT2D eigenvalue weighted by molar-refractivity contribution is -0.0440. The molecule has 1 aliphatic heterocycles. The molecule has 2 aromatic heterocycles. The molecule has 1 amide bonds. The smallest absolute Gasteiger partial charge is 0.255 e. The van der Waals surface area contributed by atoms with Crippen LogP contribution >= 0.6 is 0 Å². The molecule has 8 nitrogen and oxygen atoms in total. The quantitative estimate of drug-likeness (QED) is 0.456. The maximum atomic E-state index is 13.2. The molecule has 0 aliphatic carbocycles. The van der Waals surface area contributed by atoms with Crippen LogP contribution in [0.15, 0.2) is 84.0 Å². The van der Waals surface area contributed by atoms with Crippen molar-refractivity contribution in [3.63, 3.8) is 0 Å². The van der Waals surface area contributed by atoms with E-state index < -0.39 is 10.0 Å².